The van der Waals surface area contributed by atoms with Gasteiger partial charge in [-0.15, -0.1) is 10.2 Å². The minimum Gasteiger partial charge on any atom is -0.368 e. The molecule has 7 nitrogen and oxygen atoms in total. The van der Waals surface area contributed by atoms with Gasteiger partial charge in [0, 0.05) is 55.7 Å². The fraction of sp³-hybridized carbons (Fsp3) is 0.423. The molecule has 5 rings (SSSR count). The predicted octanol–water partition coefficient (Wildman–Crippen LogP) is 3.26. The van der Waals surface area contributed by atoms with Crippen molar-refractivity contribution < 1.29 is 9.18 Å². The van der Waals surface area contributed by atoms with Gasteiger partial charge in [-0.2, -0.15) is 0 Å². The lowest BCUT2D eigenvalue weighted by Gasteiger charge is -2.37. The number of likely N-dealkylation sites (tertiary alicyclic amines) is 1. The number of amides is 1. The van der Waals surface area contributed by atoms with E-state index < -0.39 is 0 Å². The van der Waals surface area contributed by atoms with Crippen LogP contribution < -0.4 is 9.80 Å². The average molecular weight is 463 g/mol. The molecule has 1 amide bonds. The molecule has 34 heavy (non-hydrogen) atoms. The lowest BCUT2D eigenvalue weighted by atomic mass is 10.0. The van der Waals surface area contributed by atoms with Crippen LogP contribution in [-0.4, -0.2) is 85.3 Å². The molecule has 0 bridgehead atoms. The zero-order valence-corrected chi connectivity index (χ0v) is 19.8. The van der Waals surface area contributed by atoms with Gasteiger partial charge in [0.15, 0.2) is 11.5 Å². The first-order chi connectivity index (χ1) is 16.5. The normalized spacial score (nSPS) is 17.9. The van der Waals surface area contributed by atoms with Crippen molar-refractivity contribution in [1.82, 2.24) is 20.0 Å². The molecule has 0 radical (unpaired) electrons. The topological polar surface area (TPSA) is 55.8 Å². The maximum Gasteiger partial charge on any atom is 0.275 e. The van der Waals surface area contributed by atoms with E-state index in [1.807, 2.05) is 48.3 Å². The van der Waals surface area contributed by atoms with Gasteiger partial charge in [0.05, 0.1) is 0 Å². The van der Waals surface area contributed by atoms with Gasteiger partial charge in [0.1, 0.15) is 5.82 Å². The van der Waals surface area contributed by atoms with Gasteiger partial charge in [0.2, 0.25) is 0 Å². The summed E-state index contributed by atoms with van der Waals surface area (Å²) in [5.74, 6) is 0.527. The van der Waals surface area contributed by atoms with Crippen LogP contribution in [0.3, 0.4) is 0 Å². The van der Waals surface area contributed by atoms with Crippen molar-refractivity contribution in [3.8, 4) is 0 Å². The van der Waals surface area contributed by atoms with Crippen molar-refractivity contribution in [2.24, 2.45) is 0 Å². The van der Waals surface area contributed by atoms with E-state index >= 15 is 0 Å². The van der Waals surface area contributed by atoms with E-state index in [1.54, 1.807) is 0 Å². The lowest BCUT2D eigenvalue weighted by molar-refractivity contribution is 0.0655. The largest absolute Gasteiger partial charge is 0.368 e. The Morgan fingerprint density at radius 3 is 2.18 bits per heavy atom. The molecule has 2 aromatic carbocycles. The molecule has 2 aliphatic heterocycles. The van der Waals surface area contributed by atoms with E-state index in [0.29, 0.717) is 5.69 Å². The van der Waals surface area contributed by atoms with Gasteiger partial charge in [-0.1, -0.05) is 24.3 Å². The van der Waals surface area contributed by atoms with Crippen LogP contribution in [0.5, 0.6) is 0 Å². The molecule has 0 aliphatic carbocycles. The first-order valence-corrected chi connectivity index (χ1v) is 12.0. The molecule has 0 saturated carbocycles. The maximum absolute atomic E-state index is 13.4. The highest BCUT2D eigenvalue weighted by Crippen LogP contribution is 2.29. The number of hydrogen-bond donors (Lipinski definition) is 0. The first kappa shape index (κ1) is 22.5. The van der Waals surface area contributed by atoms with E-state index in [2.05, 4.69) is 31.9 Å². The molecule has 8 heteroatoms. The summed E-state index contributed by atoms with van der Waals surface area (Å²) < 4.78 is 13.3. The SMILES string of the molecule is CN1CCC(N(C)C(=O)c2nnc(N3CCN(c4ccc(F)cc4)CC3)c3ccccc23)CC1. The van der Waals surface area contributed by atoms with Gasteiger partial charge in [-0.25, -0.2) is 4.39 Å². The molecule has 178 valence electrons. The Balaban J connectivity index is 1.35. The Morgan fingerprint density at radius 2 is 1.50 bits per heavy atom. The number of piperazine rings is 1. The summed E-state index contributed by atoms with van der Waals surface area (Å²) in [5.41, 5.74) is 1.45. The maximum atomic E-state index is 13.4. The smallest absolute Gasteiger partial charge is 0.275 e. The second-order valence-electron chi connectivity index (χ2n) is 9.32. The van der Waals surface area contributed by atoms with E-state index in [1.165, 1.54) is 12.1 Å². The van der Waals surface area contributed by atoms with Crippen molar-refractivity contribution in [3.63, 3.8) is 0 Å². The number of hydrogen-bond acceptors (Lipinski definition) is 6. The number of piperidine rings is 1. The summed E-state index contributed by atoms with van der Waals surface area (Å²) in [6, 6.07) is 14.8. The third-order valence-corrected chi connectivity index (χ3v) is 7.20. The highest BCUT2D eigenvalue weighted by molar-refractivity contribution is 6.07. The Labute approximate surface area is 199 Å². The number of aromatic nitrogens is 2. The first-order valence-electron chi connectivity index (χ1n) is 12.0. The molecule has 0 spiro atoms. The van der Waals surface area contributed by atoms with Crippen LogP contribution in [-0.2, 0) is 0 Å². The zero-order valence-electron chi connectivity index (χ0n) is 19.8. The highest BCUT2D eigenvalue weighted by atomic mass is 19.1. The number of halogens is 1. The van der Waals surface area contributed by atoms with E-state index in [-0.39, 0.29) is 17.8 Å². The van der Waals surface area contributed by atoms with Gasteiger partial charge in [0.25, 0.3) is 5.91 Å². The van der Waals surface area contributed by atoms with Crippen LogP contribution in [0.4, 0.5) is 15.9 Å². The standard InChI is InChI=1S/C26H31FN6O/c1-30-13-11-20(12-14-30)31(2)26(34)24-22-5-3-4-6-23(22)25(29-28-24)33-17-15-32(16-18-33)21-9-7-19(27)8-10-21/h3-10,20H,11-18H2,1-2H3. The predicted molar refractivity (Wildman–Crippen MR) is 133 cm³/mol. The Morgan fingerprint density at radius 1 is 0.882 bits per heavy atom. The van der Waals surface area contributed by atoms with Crippen LogP contribution >= 0.6 is 0 Å². The minimum atomic E-state index is -0.222. The Bertz CT molecular complexity index is 1150. The van der Waals surface area contributed by atoms with Crippen LogP contribution in [0.15, 0.2) is 48.5 Å². The van der Waals surface area contributed by atoms with Gasteiger partial charge in [-0.05, 0) is 57.2 Å². The molecule has 1 aromatic heterocycles. The molecular formula is C26H31FN6O. The number of benzene rings is 2. The second kappa shape index (κ2) is 9.54. The summed E-state index contributed by atoms with van der Waals surface area (Å²) in [6.45, 7) is 5.16. The van der Waals surface area contributed by atoms with Crippen LogP contribution in [0.25, 0.3) is 10.8 Å². The number of fused-ring (bicyclic) bond motifs is 1. The van der Waals surface area contributed by atoms with E-state index in [0.717, 1.165) is 74.4 Å². The van der Waals surface area contributed by atoms with Gasteiger partial charge in [-0.3, -0.25) is 4.79 Å². The number of rotatable bonds is 4. The molecule has 0 atom stereocenters. The average Bonchev–Trinajstić information content (AvgIpc) is 2.88. The summed E-state index contributed by atoms with van der Waals surface area (Å²) >= 11 is 0. The van der Waals surface area contributed by atoms with Crippen molar-refractivity contribution in [2.75, 3.05) is 63.2 Å². The lowest BCUT2D eigenvalue weighted by Crippen LogP contribution is -2.47. The quantitative estimate of drug-likeness (QED) is 0.593. The number of nitrogens with zero attached hydrogens (tertiary/aromatic N) is 6. The van der Waals surface area contributed by atoms with Crippen molar-refractivity contribution in [1.29, 1.82) is 0 Å². The molecule has 2 aliphatic rings. The van der Waals surface area contributed by atoms with Crippen molar-refractivity contribution >= 4 is 28.2 Å². The second-order valence-corrected chi connectivity index (χ2v) is 9.32. The fourth-order valence-electron chi connectivity index (χ4n) is 5.02. The van der Waals surface area contributed by atoms with E-state index in [4.69, 9.17) is 0 Å². The minimum absolute atomic E-state index is 0.0640. The molecule has 0 N–H and O–H groups in total. The van der Waals surface area contributed by atoms with Crippen molar-refractivity contribution in [2.45, 2.75) is 18.9 Å². The van der Waals surface area contributed by atoms with Crippen molar-refractivity contribution in [3.05, 3.63) is 60.0 Å². The number of carbonyl (C=O) groups is 1. The molecule has 3 heterocycles. The third kappa shape index (κ3) is 4.42. The van der Waals surface area contributed by atoms with Crippen LogP contribution in [0, 0.1) is 5.82 Å². The molecular weight excluding hydrogens is 431 g/mol. The highest BCUT2D eigenvalue weighted by Gasteiger charge is 2.28. The van der Waals surface area contributed by atoms with Crippen LogP contribution in [0.1, 0.15) is 23.3 Å². The number of anilines is 2. The molecule has 0 unspecified atom stereocenters. The van der Waals surface area contributed by atoms with Gasteiger partial charge >= 0.3 is 0 Å². The Kier molecular flexibility index (Phi) is 6.32. The van der Waals surface area contributed by atoms with E-state index in [9.17, 15) is 9.18 Å². The van der Waals surface area contributed by atoms with Gasteiger partial charge < -0.3 is 19.6 Å². The zero-order chi connectivity index (χ0) is 23.7. The molecule has 3 aromatic rings. The monoisotopic (exact) mass is 462 g/mol. The molecule has 2 saturated heterocycles. The fourth-order valence-corrected chi connectivity index (χ4v) is 5.02. The summed E-state index contributed by atoms with van der Waals surface area (Å²) in [6.07, 6.45) is 1.95. The summed E-state index contributed by atoms with van der Waals surface area (Å²) in [5, 5.41) is 10.8. The third-order valence-electron chi connectivity index (χ3n) is 7.20. The summed E-state index contributed by atoms with van der Waals surface area (Å²) in [7, 11) is 4.01. The van der Waals surface area contributed by atoms with Crippen LogP contribution in [0.2, 0.25) is 0 Å². The molecule has 2 fully saturated rings. The number of carbonyl (C=O) groups excluding carboxylic acids is 1. The Hall–Kier alpha value is -3.26. The summed E-state index contributed by atoms with van der Waals surface area (Å²) in [4.78, 5) is 22.0.